The summed E-state index contributed by atoms with van der Waals surface area (Å²) < 4.78 is 0.703. The minimum Gasteiger partial charge on any atom is -0.351 e. The Kier molecular flexibility index (Phi) is 5.78. The number of amides is 2. The van der Waals surface area contributed by atoms with Gasteiger partial charge in [0.2, 0.25) is 5.91 Å². The highest BCUT2D eigenvalue weighted by Gasteiger charge is 2.12. The SMILES string of the molecule is CC(NC(=O)CCNC(=O)c1cccs1)c1ccc(Cl)s1. The Balaban J connectivity index is 1.71. The van der Waals surface area contributed by atoms with Crippen LogP contribution in [0.15, 0.2) is 29.6 Å². The fourth-order valence-corrected chi connectivity index (χ4v) is 3.43. The van der Waals surface area contributed by atoms with Crippen molar-refractivity contribution < 1.29 is 9.59 Å². The topological polar surface area (TPSA) is 58.2 Å². The van der Waals surface area contributed by atoms with Gasteiger partial charge in [-0.15, -0.1) is 22.7 Å². The summed E-state index contributed by atoms with van der Waals surface area (Å²) in [5.41, 5.74) is 0. The normalized spacial score (nSPS) is 11.9. The summed E-state index contributed by atoms with van der Waals surface area (Å²) >= 11 is 8.69. The molecule has 0 aliphatic carbocycles. The van der Waals surface area contributed by atoms with E-state index >= 15 is 0 Å². The molecule has 0 fully saturated rings. The van der Waals surface area contributed by atoms with E-state index in [1.807, 2.05) is 30.5 Å². The summed E-state index contributed by atoms with van der Waals surface area (Å²) in [5.74, 6) is -0.241. The van der Waals surface area contributed by atoms with E-state index in [2.05, 4.69) is 10.6 Å². The highest BCUT2D eigenvalue weighted by molar-refractivity contribution is 7.16. The van der Waals surface area contributed by atoms with Crippen LogP contribution in [0.25, 0.3) is 0 Å². The lowest BCUT2D eigenvalue weighted by atomic mass is 10.2. The molecule has 21 heavy (non-hydrogen) atoms. The second kappa shape index (κ2) is 7.59. The van der Waals surface area contributed by atoms with Gasteiger partial charge in [0, 0.05) is 17.8 Å². The van der Waals surface area contributed by atoms with Crippen LogP contribution in [0, 0.1) is 0 Å². The molecule has 0 spiro atoms. The third-order valence-corrected chi connectivity index (χ3v) is 5.06. The average molecular weight is 343 g/mol. The lowest BCUT2D eigenvalue weighted by Gasteiger charge is -2.12. The van der Waals surface area contributed by atoms with Gasteiger partial charge in [-0.25, -0.2) is 0 Å². The van der Waals surface area contributed by atoms with Crippen molar-refractivity contribution in [1.82, 2.24) is 10.6 Å². The van der Waals surface area contributed by atoms with E-state index in [9.17, 15) is 9.59 Å². The van der Waals surface area contributed by atoms with E-state index in [4.69, 9.17) is 11.6 Å². The molecule has 0 radical (unpaired) electrons. The van der Waals surface area contributed by atoms with Gasteiger partial charge in [-0.2, -0.15) is 0 Å². The monoisotopic (exact) mass is 342 g/mol. The quantitative estimate of drug-likeness (QED) is 0.844. The summed E-state index contributed by atoms with van der Waals surface area (Å²) in [6.45, 7) is 2.23. The summed E-state index contributed by atoms with van der Waals surface area (Å²) in [7, 11) is 0. The molecular weight excluding hydrogens is 328 g/mol. The van der Waals surface area contributed by atoms with Crippen LogP contribution in [0.1, 0.15) is 33.9 Å². The zero-order valence-electron chi connectivity index (χ0n) is 11.4. The predicted octanol–water partition coefficient (Wildman–Crippen LogP) is 3.46. The number of thiophene rings is 2. The third kappa shape index (κ3) is 4.84. The van der Waals surface area contributed by atoms with Gasteiger partial charge in [0.25, 0.3) is 5.91 Å². The minimum atomic E-state index is -0.143. The largest absolute Gasteiger partial charge is 0.351 e. The summed E-state index contributed by atoms with van der Waals surface area (Å²) in [6.07, 6.45) is 0.251. The maximum absolute atomic E-state index is 11.8. The van der Waals surface area contributed by atoms with Crippen LogP contribution in [-0.4, -0.2) is 18.4 Å². The second-order valence-electron chi connectivity index (χ2n) is 4.41. The highest BCUT2D eigenvalue weighted by Crippen LogP contribution is 2.26. The zero-order valence-corrected chi connectivity index (χ0v) is 13.8. The van der Waals surface area contributed by atoms with Crippen molar-refractivity contribution in [1.29, 1.82) is 0 Å². The molecule has 0 aromatic carbocycles. The van der Waals surface area contributed by atoms with E-state index < -0.39 is 0 Å². The van der Waals surface area contributed by atoms with Crippen LogP contribution in [0.4, 0.5) is 0 Å². The van der Waals surface area contributed by atoms with Gasteiger partial charge < -0.3 is 10.6 Å². The molecule has 2 aromatic heterocycles. The lowest BCUT2D eigenvalue weighted by molar-refractivity contribution is -0.121. The standard InChI is InChI=1S/C14H15ClN2O2S2/c1-9(10-4-5-12(15)21-10)17-13(18)6-7-16-14(19)11-3-2-8-20-11/h2-5,8-9H,6-7H2,1H3,(H,16,19)(H,17,18). The van der Waals surface area contributed by atoms with E-state index in [1.165, 1.54) is 22.7 Å². The number of hydrogen-bond acceptors (Lipinski definition) is 4. The summed E-state index contributed by atoms with van der Waals surface area (Å²) in [5, 5.41) is 7.45. The van der Waals surface area contributed by atoms with Gasteiger partial charge in [-0.3, -0.25) is 9.59 Å². The fourth-order valence-electron chi connectivity index (χ4n) is 1.73. The summed E-state index contributed by atoms with van der Waals surface area (Å²) in [4.78, 5) is 25.2. The number of carbonyl (C=O) groups excluding carboxylic acids is 2. The second-order valence-corrected chi connectivity index (χ2v) is 7.11. The molecule has 2 aromatic rings. The van der Waals surface area contributed by atoms with Crippen LogP contribution < -0.4 is 10.6 Å². The molecule has 112 valence electrons. The van der Waals surface area contributed by atoms with Crippen molar-refractivity contribution >= 4 is 46.1 Å². The number of halogens is 1. The number of rotatable bonds is 6. The molecule has 1 atom stereocenters. The van der Waals surface area contributed by atoms with Crippen molar-refractivity contribution in [3.8, 4) is 0 Å². The molecule has 7 heteroatoms. The molecular formula is C14H15ClN2O2S2. The minimum absolute atomic E-state index is 0.0806. The molecule has 0 bridgehead atoms. The molecule has 4 nitrogen and oxygen atoms in total. The first kappa shape index (κ1) is 16.0. The molecule has 0 saturated heterocycles. The zero-order chi connectivity index (χ0) is 15.2. The molecule has 1 unspecified atom stereocenters. The highest BCUT2D eigenvalue weighted by atomic mass is 35.5. The van der Waals surface area contributed by atoms with E-state index in [-0.39, 0.29) is 24.3 Å². The van der Waals surface area contributed by atoms with Crippen molar-refractivity contribution in [3.63, 3.8) is 0 Å². The Morgan fingerprint density at radius 1 is 1.33 bits per heavy atom. The molecule has 0 aliphatic heterocycles. The Labute approximate surface area is 136 Å². The van der Waals surface area contributed by atoms with Crippen LogP contribution in [-0.2, 0) is 4.79 Å². The Morgan fingerprint density at radius 2 is 2.14 bits per heavy atom. The first-order valence-electron chi connectivity index (χ1n) is 6.42. The lowest BCUT2D eigenvalue weighted by Crippen LogP contribution is -2.31. The smallest absolute Gasteiger partial charge is 0.261 e. The molecule has 2 rings (SSSR count). The van der Waals surface area contributed by atoms with Gasteiger partial charge in [0.1, 0.15) is 0 Å². The van der Waals surface area contributed by atoms with Crippen LogP contribution in [0.3, 0.4) is 0 Å². The maximum atomic E-state index is 11.8. The fraction of sp³-hybridized carbons (Fsp3) is 0.286. The number of hydrogen-bond donors (Lipinski definition) is 2. The van der Waals surface area contributed by atoms with Crippen LogP contribution >= 0.6 is 34.3 Å². The van der Waals surface area contributed by atoms with Crippen LogP contribution in [0.5, 0.6) is 0 Å². The van der Waals surface area contributed by atoms with E-state index in [0.717, 1.165) is 4.88 Å². The first-order chi connectivity index (χ1) is 10.1. The number of carbonyl (C=O) groups is 2. The van der Waals surface area contributed by atoms with E-state index in [0.29, 0.717) is 15.8 Å². The molecule has 2 N–H and O–H groups in total. The van der Waals surface area contributed by atoms with Crippen molar-refractivity contribution in [2.45, 2.75) is 19.4 Å². The van der Waals surface area contributed by atoms with Crippen molar-refractivity contribution in [3.05, 3.63) is 43.7 Å². The Bertz CT molecular complexity index is 610. The summed E-state index contributed by atoms with van der Waals surface area (Å²) in [6, 6.07) is 7.20. The number of nitrogens with one attached hydrogen (secondary N) is 2. The first-order valence-corrected chi connectivity index (χ1v) is 8.50. The predicted molar refractivity (Wildman–Crippen MR) is 87.2 cm³/mol. The van der Waals surface area contributed by atoms with Crippen LogP contribution in [0.2, 0.25) is 4.34 Å². The average Bonchev–Trinajstić information content (AvgIpc) is 3.09. The van der Waals surface area contributed by atoms with Gasteiger partial charge in [0.05, 0.1) is 15.3 Å². The third-order valence-electron chi connectivity index (χ3n) is 2.78. The maximum Gasteiger partial charge on any atom is 0.261 e. The Hall–Kier alpha value is -1.37. The van der Waals surface area contributed by atoms with E-state index in [1.54, 1.807) is 6.07 Å². The van der Waals surface area contributed by atoms with Gasteiger partial charge >= 0.3 is 0 Å². The van der Waals surface area contributed by atoms with Gasteiger partial charge in [-0.1, -0.05) is 17.7 Å². The Morgan fingerprint density at radius 3 is 2.76 bits per heavy atom. The van der Waals surface area contributed by atoms with Crippen molar-refractivity contribution in [2.24, 2.45) is 0 Å². The molecule has 0 aliphatic rings. The van der Waals surface area contributed by atoms with Gasteiger partial charge in [-0.05, 0) is 30.5 Å². The van der Waals surface area contributed by atoms with Crippen molar-refractivity contribution in [2.75, 3.05) is 6.54 Å². The molecule has 2 amide bonds. The molecule has 2 heterocycles. The van der Waals surface area contributed by atoms with Gasteiger partial charge in [0.15, 0.2) is 0 Å². The molecule has 0 saturated carbocycles.